The van der Waals surface area contributed by atoms with Crippen molar-refractivity contribution in [2.45, 2.75) is 46.3 Å². The maximum absolute atomic E-state index is 12.5. The van der Waals surface area contributed by atoms with E-state index >= 15 is 0 Å². The van der Waals surface area contributed by atoms with Gasteiger partial charge in [-0.2, -0.15) is 0 Å². The number of hydrogen-bond donors (Lipinski definition) is 2. The summed E-state index contributed by atoms with van der Waals surface area (Å²) in [5, 5.41) is 5.68. The molecule has 0 saturated carbocycles. The molecule has 6 heteroatoms. The molecule has 2 rings (SSSR count). The van der Waals surface area contributed by atoms with Crippen LogP contribution in [0.5, 0.6) is 11.5 Å². The summed E-state index contributed by atoms with van der Waals surface area (Å²) in [6, 6.07) is 12.4. The SMILES string of the molecule is COc1cc(/C=C/C(=O)Nc2ccccc2C(=O)NC(C)(C)C)ccc1OC(C)C. The first-order chi connectivity index (χ1) is 14.1. The minimum absolute atomic E-state index is 0.0293. The predicted molar refractivity (Wildman–Crippen MR) is 120 cm³/mol. The predicted octanol–water partition coefficient (Wildman–Crippen LogP) is 4.66. The molecule has 0 spiro atoms. The van der Waals surface area contributed by atoms with E-state index in [9.17, 15) is 9.59 Å². The number of nitrogens with one attached hydrogen (secondary N) is 2. The quantitative estimate of drug-likeness (QED) is 0.651. The van der Waals surface area contributed by atoms with Crippen molar-refractivity contribution in [3.05, 3.63) is 59.7 Å². The minimum atomic E-state index is -0.376. The zero-order valence-corrected chi connectivity index (χ0v) is 18.4. The zero-order chi connectivity index (χ0) is 22.3. The molecule has 2 aromatic rings. The van der Waals surface area contributed by atoms with Crippen molar-refractivity contribution in [3.8, 4) is 11.5 Å². The Balaban J connectivity index is 2.13. The van der Waals surface area contributed by atoms with E-state index in [1.54, 1.807) is 43.5 Å². The maximum atomic E-state index is 12.5. The number of rotatable bonds is 7. The molecule has 6 nitrogen and oxygen atoms in total. The number of anilines is 1. The fourth-order valence-corrected chi connectivity index (χ4v) is 2.68. The topological polar surface area (TPSA) is 76.7 Å². The Morgan fingerprint density at radius 1 is 1.03 bits per heavy atom. The van der Waals surface area contributed by atoms with Gasteiger partial charge in [0.05, 0.1) is 24.5 Å². The molecule has 0 fully saturated rings. The number of methoxy groups -OCH3 is 1. The van der Waals surface area contributed by atoms with Crippen LogP contribution in [0, 0.1) is 0 Å². The van der Waals surface area contributed by atoms with Crippen molar-refractivity contribution in [2.75, 3.05) is 12.4 Å². The Bertz CT molecular complexity index is 927. The van der Waals surface area contributed by atoms with Gasteiger partial charge in [0, 0.05) is 11.6 Å². The van der Waals surface area contributed by atoms with Crippen LogP contribution in [0.25, 0.3) is 6.08 Å². The van der Waals surface area contributed by atoms with Gasteiger partial charge in [-0.1, -0.05) is 18.2 Å². The first-order valence-corrected chi connectivity index (χ1v) is 9.84. The Hall–Kier alpha value is -3.28. The summed E-state index contributed by atoms with van der Waals surface area (Å²) in [5.41, 5.74) is 1.27. The highest BCUT2D eigenvalue weighted by molar-refractivity contribution is 6.07. The van der Waals surface area contributed by atoms with Crippen LogP contribution in [0.2, 0.25) is 0 Å². The van der Waals surface area contributed by atoms with E-state index in [-0.39, 0.29) is 23.5 Å². The average molecular weight is 411 g/mol. The van der Waals surface area contributed by atoms with Crippen LogP contribution in [0.15, 0.2) is 48.5 Å². The largest absolute Gasteiger partial charge is 0.493 e. The van der Waals surface area contributed by atoms with Crippen LogP contribution in [-0.4, -0.2) is 30.6 Å². The lowest BCUT2D eigenvalue weighted by molar-refractivity contribution is -0.111. The molecule has 0 unspecified atom stereocenters. The van der Waals surface area contributed by atoms with E-state index in [1.165, 1.54) is 6.08 Å². The number of carbonyl (C=O) groups excluding carboxylic acids is 2. The summed E-state index contributed by atoms with van der Waals surface area (Å²) in [5.74, 6) is 0.656. The van der Waals surface area contributed by atoms with Crippen LogP contribution >= 0.6 is 0 Å². The molecule has 0 radical (unpaired) electrons. The van der Waals surface area contributed by atoms with Gasteiger partial charge in [-0.25, -0.2) is 0 Å². The van der Waals surface area contributed by atoms with Crippen LogP contribution in [-0.2, 0) is 4.79 Å². The number of amides is 2. The van der Waals surface area contributed by atoms with Crippen LogP contribution in [0.4, 0.5) is 5.69 Å². The molecule has 0 heterocycles. The second kappa shape index (κ2) is 9.96. The Labute approximate surface area is 178 Å². The highest BCUT2D eigenvalue weighted by Crippen LogP contribution is 2.29. The Morgan fingerprint density at radius 3 is 2.37 bits per heavy atom. The van der Waals surface area contributed by atoms with Crippen LogP contribution < -0.4 is 20.1 Å². The highest BCUT2D eigenvalue weighted by Gasteiger charge is 2.18. The smallest absolute Gasteiger partial charge is 0.253 e. The zero-order valence-electron chi connectivity index (χ0n) is 18.4. The fraction of sp³-hybridized carbons (Fsp3) is 0.333. The van der Waals surface area contributed by atoms with Gasteiger partial charge < -0.3 is 20.1 Å². The molecule has 0 aliphatic heterocycles. The van der Waals surface area contributed by atoms with E-state index < -0.39 is 0 Å². The van der Waals surface area contributed by atoms with E-state index in [2.05, 4.69) is 10.6 Å². The Morgan fingerprint density at radius 2 is 1.73 bits per heavy atom. The van der Waals surface area contributed by atoms with Gasteiger partial charge in [-0.05, 0) is 70.5 Å². The molecule has 2 N–H and O–H groups in total. The molecular formula is C24H30N2O4. The summed E-state index contributed by atoms with van der Waals surface area (Å²) in [6.45, 7) is 9.59. The van der Waals surface area contributed by atoms with Crippen molar-refractivity contribution in [1.82, 2.24) is 5.32 Å². The van der Waals surface area contributed by atoms with Crippen molar-refractivity contribution in [2.24, 2.45) is 0 Å². The second-order valence-corrected chi connectivity index (χ2v) is 8.15. The third kappa shape index (κ3) is 6.95. The second-order valence-electron chi connectivity index (χ2n) is 8.15. The lowest BCUT2D eigenvalue weighted by atomic mass is 10.1. The van der Waals surface area contributed by atoms with Gasteiger partial charge in [-0.15, -0.1) is 0 Å². The molecular weight excluding hydrogens is 380 g/mol. The number of carbonyl (C=O) groups is 2. The summed E-state index contributed by atoms with van der Waals surface area (Å²) in [6.07, 6.45) is 3.12. The fourth-order valence-electron chi connectivity index (χ4n) is 2.68. The summed E-state index contributed by atoms with van der Waals surface area (Å²) in [4.78, 5) is 24.9. The molecule has 2 aromatic carbocycles. The monoisotopic (exact) mass is 410 g/mol. The first-order valence-electron chi connectivity index (χ1n) is 9.84. The van der Waals surface area contributed by atoms with Gasteiger partial charge in [0.25, 0.3) is 5.91 Å². The average Bonchev–Trinajstić information content (AvgIpc) is 2.65. The van der Waals surface area contributed by atoms with Crippen LogP contribution in [0.1, 0.15) is 50.5 Å². The van der Waals surface area contributed by atoms with Crippen molar-refractivity contribution >= 4 is 23.6 Å². The molecule has 160 valence electrons. The van der Waals surface area contributed by atoms with Crippen molar-refractivity contribution in [3.63, 3.8) is 0 Å². The van der Waals surface area contributed by atoms with E-state index in [4.69, 9.17) is 9.47 Å². The molecule has 0 bridgehead atoms. The minimum Gasteiger partial charge on any atom is -0.493 e. The molecule has 0 aliphatic rings. The summed E-state index contributed by atoms with van der Waals surface area (Å²) in [7, 11) is 1.57. The maximum Gasteiger partial charge on any atom is 0.253 e. The van der Waals surface area contributed by atoms with Gasteiger partial charge in [0.2, 0.25) is 5.91 Å². The Kier molecular flexibility index (Phi) is 7.64. The molecule has 2 amide bonds. The van der Waals surface area contributed by atoms with E-state index in [1.807, 2.05) is 46.8 Å². The van der Waals surface area contributed by atoms with Crippen LogP contribution in [0.3, 0.4) is 0 Å². The first kappa shape index (κ1) is 23.0. The summed E-state index contributed by atoms with van der Waals surface area (Å²) >= 11 is 0. The lowest BCUT2D eigenvalue weighted by Gasteiger charge is -2.21. The van der Waals surface area contributed by atoms with Gasteiger partial charge >= 0.3 is 0 Å². The third-order valence-electron chi connectivity index (χ3n) is 3.90. The van der Waals surface area contributed by atoms with E-state index in [0.29, 0.717) is 22.7 Å². The normalized spacial score (nSPS) is 11.4. The van der Waals surface area contributed by atoms with Gasteiger partial charge in [-0.3, -0.25) is 9.59 Å². The van der Waals surface area contributed by atoms with Crippen molar-refractivity contribution in [1.29, 1.82) is 0 Å². The van der Waals surface area contributed by atoms with Gasteiger partial charge in [0.15, 0.2) is 11.5 Å². The number of hydrogen-bond acceptors (Lipinski definition) is 4. The molecule has 0 aromatic heterocycles. The standard InChI is InChI=1S/C24H30N2O4/c1-16(2)30-20-13-11-17(15-21(20)29-6)12-14-22(27)25-19-10-8-7-9-18(19)23(28)26-24(3,4)5/h7-16H,1-6H3,(H,25,27)(H,26,28)/b14-12+. The third-order valence-corrected chi connectivity index (χ3v) is 3.90. The lowest BCUT2D eigenvalue weighted by Crippen LogP contribution is -2.40. The summed E-state index contributed by atoms with van der Waals surface area (Å²) < 4.78 is 11.1. The molecule has 30 heavy (non-hydrogen) atoms. The number of para-hydroxylation sites is 1. The number of ether oxygens (including phenoxy) is 2. The number of benzene rings is 2. The highest BCUT2D eigenvalue weighted by atomic mass is 16.5. The van der Waals surface area contributed by atoms with E-state index in [0.717, 1.165) is 5.56 Å². The van der Waals surface area contributed by atoms with Gasteiger partial charge in [0.1, 0.15) is 0 Å². The molecule has 0 saturated heterocycles. The van der Waals surface area contributed by atoms with Crippen molar-refractivity contribution < 1.29 is 19.1 Å². The molecule has 0 aliphatic carbocycles. The molecule has 0 atom stereocenters.